The van der Waals surface area contributed by atoms with Crippen LogP contribution in [0.25, 0.3) is 0 Å². The molecular formula is C11H19NO2S. The smallest absolute Gasteiger partial charge is 0.242 e. The van der Waals surface area contributed by atoms with Gasteiger partial charge in [0.15, 0.2) is 0 Å². The van der Waals surface area contributed by atoms with Gasteiger partial charge in [-0.1, -0.05) is 26.7 Å². The number of nitrogens with zero attached hydrogens (tertiary/aromatic N) is 1. The number of unbranched alkanes of at least 4 members (excludes halogenated alkanes) is 1. The molecule has 1 aliphatic rings. The zero-order valence-electron chi connectivity index (χ0n) is 9.66. The van der Waals surface area contributed by atoms with Gasteiger partial charge in [0.25, 0.3) is 0 Å². The summed E-state index contributed by atoms with van der Waals surface area (Å²) in [6.45, 7) is 4.30. The third kappa shape index (κ3) is 3.23. The highest BCUT2D eigenvalue weighted by Crippen LogP contribution is 2.29. The minimum absolute atomic E-state index is 0.0200. The fourth-order valence-corrected chi connectivity index (χ4v) is 3.05. The third-order valence-electron chi connectivity index (χ3n) is 2.70. The maximum Gasteiger partial charge on any atom is 0.242 e. The minimum atomic E-state index is -0.130. The highest BCUT2D eigenvalue weighted by Gasteiger charge is 2.36. The van der Waals surface area contributed by atoms with Crippen molar-refractivity contribution >= 4 is 23.6 Å². The Hall–Kier alpha value is -0.510. The molecule has 0 aliphatic carbocycles. The van der Waals surface area contributed by atoms with Crippen LogP contribution < -0.4 is 0 Å². The second-order valence-corrected chi connectivity index (χ2v) is 5.72. The predicted molar refractivity (Wildman–Crippen MR) is 62.8 cm³/mol. The number of hydrogen-bond acceptors (Lipinski definition) is 3. The van der Waals surface area contributed by atoms with E-state index in [4.69, 9.17) is 0 Å². The van der Waals surface area contributed by atoms with E-state index >= 15 is 0 Å². The molecule has 0 aromatic carbocycles. The quantitative estimate of drug-likeness (QED) is 0.677. The molecule has 0 N–H and O–H groups in total. The lowest BCUT2D eigenvalue weighted by atomic mass is 10.2. The van der Waals surface area contributed by atoms with Crippen molar-refractivity contribution in [3.8, 4) is 0 Å². The van der Waals surface area contributed by atoms with Gasteiger partial charge in [-0.3, -0.25) is 14.5 Å². The second kappa shape index (κ2) is 5.54. The van der Waals surface area contributed by atoms with E-state index in [-0.39, 0.29) is 17.1 Å². The van der Waals surface area contributed by atoms with Gasteiger partial charge < -0.3 is 0 Å². The molecule has 1 heterocycles. The topological polar surface area (TPSA) is 37.4 Å². The van der Waals surface area contributed by atoms with Crippen molar-refractivity contribution < 1.29 is 9.59 Å². The Morgan fingerprint density at radius 1 is 1.53 bits per heavy atom. The molecule has 15 heavy (non-hydrogen) atoms. The molecule has 1 fully saturated rings. The average molecular weight is 229 g/mol. The van der Waals surface area contributed by atoms with E-state index in [0.717, 1.165) is 6.42 Å². The van der Waals surface area contributed by atoms with Gasteiger partial charge in [0.1, 0.15) is 0 Å². The summed E-state index contributed by atoms with van der Waals surface area (Å²) in [5.74, 6) is -0.0615. The summed E-state index contributed by atoms with van der Waals surface area (Å²) < 4.78 is 0. The van der Waals surface area contributed by atoms with Crippen LogP contribution in [0.2, 0.25) is 0 Å². The van der Waals surface area contributed by atoms with Crippen molar-refractivity contribution in [1.29, 1.82) is 0 Å². The molecule has 1 rings (SSSR count). The predicted octanol–water partition coefficient (Wildman–Crippen LogP) is 2.06. The van der Waals surface area contributed by atoms with Crippen molar-refractivity contribution in [2.45, 2.75) is 50.0 Å². The van der Waals surface area contributed by atoms with Crippen LogP contribution in [0.3, 0.4) is 0 Å². The summed E-state index contributed by atoms with van der Waals surface area (Å²) in [6.07, 6.45) is 3.89. The molecule has 0 saturated carbocycles. The summed E-state index contributed by atoms with van der Waals surface area (Å²) in [5, 5.41) is 0.340. The molecule has 0 aromatic rings. The zero-order valence-corrected chi connectivity index (χ0v) is 10.5. The van der Waals surface area contributed by atoms with Gasteiger partial charge in [-0.15, -0.1) is 11.8 Å². The van der Waals surface area contributed by atoms with E-state index in [1.165, 1.54) is 17.7 Å². The number of hydrogen-bond donors (Lipinski definition) is 0. The molecule has 4 heteroatoms. The molecule has 0 aromatic heterocycles. The normalized spacial score (nSPS) is 23.7. The Balaban J connectivity index is 2.39. The number of rotatable bonds is 5. The molecule has 2 atom stereocenters. The van der Waals surface area contributed by atoms with Crippen LogP contribution in [0.5, 0.6) is 0 Å². The lowest BCUT2D eigenvalue weighted by Gasteiger charge is -2.14. The van der Waals surface area contributed by atoms with E-state index in [1.54, 1.807) is 18.8 Å². The molecule has 1 aliphatic heterocycles. The van der Waals surface area contributed by atoms with Gasteiger partial charge in [-0.05, 0) is 6.42 Å². The van der Waals surface area contributed by atoms with E-state index in [2.05, 4.69) is 13.8 Å². The Labute approximate surface area is 95.6 Å². The summed E-state index contributed by atoms with van der Waals surface area (Å²) in [7, 11) is 1.57. The Morgan fingerprint density at radius 2 is 2.20 bits per heavy atom. The molecule has 2 amide bonds. The van der Waals surface area contributed by atoms with Gasteiger partial charge in [0.05, 0.1) is 5.25 Å². The first-order valence-corrected chi connectivity index (χ1v) is 6.46. The lowest BCUT2D eigenvalue weighted by molar-refractivity contribution is -0.136. The molecule has 1 saturated heterocycles. The monoisotopic (exact) mass is 229 g/mol. The summed E-state index contributed by atoms with van der Waals surface area (Å²) in [6, 6.07) is 0. The average Bonchev–Trinajstić information content (AvgIpc) is 2.43. The van der Waals surface area contributed by atoms with E-state index in [0.29, 0.717) is 11.7 Å². The first-order valence-electron chi connectivity index (χ1n) is 5.52. The number of thioether (sulfide) groups is 1. The number of carbonyl (C=O) groups is 2. The zero-order chi connectivity index (χ0) is 11.4. The van der Waals surface area contributed by atoms with Gasteiger partial charge in [0, 0.05) is 18.7 Å². The highest BCUT2D eigenvalue weighted by molar-refractivity contribution is 8.01. The van der Waals surface area contributed by atoms with Crippen LogP contribution in [0.4, 0.5) is 0 Å². The molecule has 2 unspecified atom stereocenters. The fourth-order valence-electron chi connectivity index (χ4n) is 1.67. The van der Waals surface area contributed by atoms with Crippen molar-refractivity contribution in [3.63, 3.8) is 0 Å². The Kier molecular flexibility index (Phi) is 4.64. The Morgan fingerprint density at radius 3 is 2.67 bits per heavy atom. The number of likely N-dealkylation sites (tertiary alicyclic amines) is 1. The van der Waals surface area contributed by atoms with Gasteiger partial charge in [0.2, 0.25) is 11.8 Å². The summed E-state index contributed by atoms with van der Waals surface area (Å²) >= 11 is 1.65. The molecular weight excluding hydrogens is 210 g/mol. The second-order valence-electron chi connectivity index (χ2n) is 4.07. The molecule has 86 valence electrons. The summed E-state index contributed by atoms with van der Waals surface area (Å²) in [4.78, 5) is 24.1. The SMILES string of the molecule is CCCCC(C)SC1CC(=O)N(C)C1=O. The first-order chi connectivity index (χ1) is 7.06. The van der Waals surface area contributed by atoms with Crippen LogP contribution >= 0.6 is 11.8 Å². The molecule has 0 radical (unpaired) electrons. The standard InChI is InChI=1S/C11H19NO2S/c1-4-5-6-8(2)15-9-7-10(13)12(3)11(9)14/h8-9H,4-7H2,1-3H3. The lowest BCUT2D eigenvalue weighted by Crippen LogP contribution is -2.27. The van der Waals surface area contributed by atoms with Crippen molar-refractivity contribution in [2.24, 2.45) is 0 Å². The van der Waals surface area contributed by atoms with Crippen LogP contribution in [0, 0.1) is 0 Å². The van der Waals surface area contributed by atoms with Gasteiger partial charge in [-0.25, -0.2) is 0 Å². The number of amides is 2. The summed E-state index contributed by atoms with van der Waals surface area (Å²) in [5.41, 5.74) is 0. The largest absolute Gasteiger partial charge is 0.285 e. The van der Waals surface area contributed by atoms with Gasteiger partial charge >= 0.3 is 0 Å². The fraction of sp³-hybridized carbons (Fsp3) is 0.818. The molecule has 0 spiro atoms. The first kappa shape index (κ1) is 12.6. The van der Waals surface area contributed by atoms with Crippen molar-refractivity contribution in [1.82, 2.24) is 4.90 Å². The van der Waals surface area contributed by atoms with Crippen molar-refractivity contribution in [2.75, 3.05) is 7.05 Å². The van der Waals surface area contributed by atoms with Crippen LogP contribution in [-0.4, -0.2) is 34.3 Å². The van der Waals surface area contributed by atoms with Crippen LogP contribution in [-0.2, 0) is 9.59 Å². The van der Waals surface area contributed by atoms with Crippen LogP contribution in [0.1, 0.15) is 39.5 Å². The highest BCUT2D eigenvalue weighted by atomic mass is 32.2. The van der Waals surface area contributed by atoms with E-state index in [9.17, 15) is 9.59 Å². The maximum absolute atomic E-state index is 11.6. The minimum Gasteiger partial charge on any atom is -0.285 e. The maximum atomic E-state index is 11.6. The van der Waals surface area contributed by atoms with Gasteiger partial charge in [-0.2, -0.15) is 0 Å². The van der Waals surface area contributed by atoms with Crippen LogP contribution in [0.15, 0.2) is 0 Å². The number of imide groups is 1. The Bertz CT molecular complexity index is 255. The number of carbonyl (C=O) groups excluding carboxylic acids is 2. The third-order valence-corrected chi connectivity index (χ3v) is 4.10. The molecule has 3 nitrogen and oxygen atoms in total. The molecule has 0 bridgehead atoms. The van der Waals surface area contributed by atoms with E-state index < -0.39 is 0 Å². The van der Waals surface area contributed by atoms with Crippen molar-refractivity contribution in [3.05, 3.63) is 0 Å². The van der Waals surface area contributed by atoms with E-state index in [1.807, 2.05) is 0 Å².